The van der Waals surface area contributed by atoms with E-state index >= 15 is 0 Å². The van der Waals surface area contributed by atoms with Gasteiger partial charge in [0.25, 0.3) is 0 Å². The van der Waals surface area contributed by atoms with Crippen LogP contribution in [-0.4, -0.2) is 21.3 Å². The molecule has 1 aromatic rings. The fourth-order valence-corrected chi connectivity index (χ4v) is 1.79. The van der Waals surface area contributed by atoms with E-state index in [1.54, 1.807) is 0 Å². The third-order valence-electron chi connectivity index (χ3n) is 2.53. The molecule has 1 saturated carbocycles. The molecule has 5 heteroatoms. The van der Waals surface area contributed by atoms with E-state index < -0.39 is 5.97 Å². The van der Waals surface area contributed by atoms with Crippen LogP contribution in [0.5, 0.6) is 0 Å². The molecule has 1 fully saturated rings. The number of carbonyl (C=O) groups is 1. The summed E-state index contributed by atoms with van der Waals surface area (Å²) in [5, 5.41) is 16.1. The van der Waals surface area contributed by atoms with Crippen LogP contribution >= 0.6 is 0 Å². The maximum atomic E-state index is 10.3. The van der Waals surface area contributed by atoms with E-state index in [0.29, 0.717) is 11.8 Å². The summed E-state index contributed by atoms with van der Waals surface area (Å²) in [5.41, 5.74) is 0. The minimum Gasteiger partial charge on any atom is -0.478 e. The van der Waals surface area contributed by atoms with Gasteiger partial charge in [0.05, 0.1) is 0 Å². The molecule has 1 aliphatic rings. The monoisotopic (exact) mass is 208 g/mol. The molecule has 0 unspecified atom stereocenters. The Balaban J connectivity index is 2.06. The number of hydrogen-bond acceptors (Lipinski definition) is 4. The van der Waals surface area contributed by atoms with Gasteiger partial charge < -0.3 is 9.52 Å². The van der Waals surface area contributed by atoms with E-state index in [0.717, 1.165) is 18.9 Å². The van der Waals surface area contributed by atoms with Crippen molar-refractivity contribution < 1.29 is 14.3 Å². The predicted molar refractivity (Wildman–Crippen MR) is 52.2 cm³/mol. The first-order chi connectivity index (χ1) is 7.25. The number of aromatic nitrogens is 2. The first kappa shape index (κ1) is 9.89. The van der Waals surface area contributed by atoms with Gasteiger partial charge in [-0.05, 0) is 12.8 Å². The number of hydrogen-bond donors (Lipinski definition) is 1. The predicted octanol–water partition coefficient (Wildman–Crippen LogP) is 1.82. The van der Waals surface area contributed by atoms with Crippen molar-refractivity contribution in [1.82, 2.24) is 10.2 Å². The molecule has 0 bridgehead atoms. The van der Waals surface area contributed by atoms with Crippen molar-refractivity contribution in [3.8, 4) is 0 Å². The Hall–Kier alpha value is -1.65. The number of carboxylic acids is 1. The van der Waals surface area contributed by atoms with Gasteiger partial charge in [-0.2, -0.15) is 0 Å². The van der Waals surface area contributed by atoms with Crippen LogP contribution in [0, 0.1) is 0 Å². The van der Waals surface area contributed by atoms with E-state index in [-0.39, 0.29) is 5.89 Å². The summed E-state index contributed by atoms with van der Waals surface area (Å²) in [6.45, 7) is 0. The SMILES string of the molecule is O=C(O)/C=C/c1nnc(C2CCCC2)o1. The lowest BCUT2D eigenvalue weighted by Crippen LogP contribution is -1.91. The lowest BCUT2D eigenvalue weighted by molar-refractivity contribution is -0.131. The smallest absolute Gasteiger partial charge is 0.328 e. The first-order valence-electron chi connectivity index (χ1n) is 5.00. The van der Waals surface area contributed by atoms with E-state index in [4.69, 9.17) is 9.52 Å². The highest BCUT2D eigenvalue weighted by Crippen LogP contribution is 2.33. The quantitative estimate of drug-likeness (QED) is 0.767. The van der Waals surface area contributed by atoms with Crippen molar-refractivity contribution in [2.45, 2.75) is 31.6 Å². The maximum Gasteiger partial charge on any atom is 0.328 e. The minimum atomic E-state index is -1.02. The second kappa shape index (κ2) is 4.25. The molecule has 0 spiro atoms. The molecule has 0 saturated heterocycles. The van der Waals surface area contributed by atoms with Crippen LogP contribution in [0.1, 0.15) is 43.4 Å². The molecule has 1 heterocycles. The van der Waals surface area contributed by atoms with Gasteiger partial charge in [-0.25, -0.2) is 4.79 Å². The van der Waals surface area contributed by atoms with Crippen LogP contribution in [-0.2, 0) is 4.79 Å². The summed E-state index contributed by atoms with van der Waals surface area (Å²) in [7, 11) is 0. The normalized spacial score (nSPS) is 17.6. The molecular formula is C10H12N2O3. The molecule has 1 aromatic heterocycles. The van der Waals surface area contributed by atoms with Crippen molar-refractivity contribution in [3.63, 3.8) is 0 Å². The summed E-state index contributed by atoms with van der Waals surface area (Å²) >= 11 is 0. The zero-order valence-electron chi connectivity index (χ0n) is 8.22. The lowest BCUT2D eigenvalue weighted by atomic mass is 10.1. The summed E-state index contributed by atoms with van der Waals surface area (Å²) in [5.74, 6) is 0.247. The largest absolute Gasteiger partial charge is 0.478 e. The highest BCUT2D eigenvalue weighted by molar-refractivity contribution is 5.84. The van der Waals surface area contributed by atoms with Gasteiger partial charge in [0.15, 0.2) is 0 Å². The number of aliphatic carboxylic acids is 1. The van der Waals surface area contributed by atoms with Gasteiger partial charge in [0.1, 0.15) is 0 Å². The molecular weight excluding hydrogens is 196 g/mol. The van der Waals surface area contributed by atoms with Gasteiger partial charge in [-0.3, -0.25) is 0 Å². The molecule has 0 atom stereocenters. The second-order valence-corrected chi connectivity index (χ2v) is 3.63. The Morgan fingerprint density at radius 2 is 2.13 bits per heavy atom. The molecule has 0 radical (unpaired) electrons. The molecule has 0 amide bonds. The minimum absolute atomic E-state index is 0.263. The maximum absolute atomic E-state index is 10.3. The van der Waals surface area contributed by atoms with Gasteiger partial charge in [0, 0.05) is 18.1 Å². The molecule has 0 aliphatic heterocycles. The Labute approximate surface area is 86.8 Å². The molecule has 1 aliphatic carbocycles. The molecule has 15 heavy (non-hydrogen) atoms. The molecule has 2 rings (SSSR count). The highest BCUT2D eigenvalue weighted by Gasteiger charge is 2.22. The molecule has 0 aromatic carbocycles. The first-order valence-corrected chi connectivity index (χ1v) is 5.00. The van der Waals surface area contributed by atoms with E-state index in [2.05, 4.69) is 10.2 Å². The zero-order valence-corrected chi connectivity index (χ0v) is 8.22. The van der Waals surface area contributed by atoms with Crippen LogP contribution in [0.2, 0.25) is 0 Å². The van der Waals surface area contributed by atoms with Crippen LogP contribution in [0.25, 0.3) is 6.08 Å². The van der Waals surface area contributed by atoms with Crippen molar-refractivity contribution >= 4 is 12.0 Å². The van der Waals surface area contributed by atoms with Gasteiger partial charge >= 0.3 is 5.97 Å². The topological polar surface area (TPSA) is 76.2 Å². The van der Waals surface area contributed by atoms with Gasteiger partial charge in [0.2, 0.25) is 11.8 Å². The summed E-state index contributed by atoms with van der Waals surface area (Å²) in [6, 6.07) is 0. The third-order valence-corrected chi connectivity index (χ3v) is 2.53. The molecule has 1 N–H and O–H groups in total. The second-order valence-electron chi connectivity index (χ2n) is 3.63. The van der Waals surface area contributed by atoms with Gasteiger partial charge in [-0.1, -0.05) is 12.8 Å². The van der Waals surface area contributed by atoms with Crippen molar-refractivity contribution in [2.75, 3.05) is 0 Å². The Kier molecular flexibility index (Phi) is 2.80. The van der Waals surface area contributed by atoms with Gasteiger partial charge in [-0.15, -0.1) is 10.2 Å². The highest BCUT2D eigenvalue weighted by atomic mass is 16.4. The van der Waals surface area contributed by atoms with Crippen LogP contribution in [0.15, 0.2) is 10.5 Å². The number of carboxylic acid groups (broad SMARTS) is 1. The number of rotatable bonds is 3. The van der Waals surface area contributed by atoms with Crippen molar-refractivity contribution in [2.24, 2.45) is 0 Å². The average Bonchev–Trinajstić information content (AvgIpc) is 2.85. The number of nitrogens with zero attached hydrogens (tertiary/aromatic N) is 2. The van der Waals surface area contributed by atoms with Crippen molar-refractivity contribution in [1.29, 1.82) is 0 Å². The van der Waals surface area contributed by atoms with E-state index in [1.165, 1.54) is 18.9 Å². The standard InChI is InChI=1S/C10H12N2O3/c13-9(14)6-5-8-11-12-10(15-8)7-3-1-2-4-7/h5-7H,1-4H2,(H,13,14)/b6-5+. The fourth-order valence-electron chi connectivity index (χ4n) is 1.79. The van der Waals surface area contributed by atoms with Crippen LogP contribution in [0.3, 0.4) is 0 Å². The van der Waals surface area contributed by atoms with E-state index in [1.807, 2.05) is 0 Å². The van der Waals surface area contributed by atoms with E-state index in [9.17, 15) is 4.79 Å². The molecule has 80 valence electrons. The average molecular weight is 208 g/mol. The Bertz CT molecular complexity index is 378. The lowest BCUT2D eigenvalue weighted by Gasteiger charge is -1.99. The zero-order chi connectivity index (χ0) is 10.7. The van der Waals surface area contributed by atoms with Crippen LogP contribution < -0.4 is 0 Å². The third kappa shape index (κ3) is 2.43. The van der Waals surface area contributed by atoms with Crippen LogP contribution in [0.4, 0.5) is 0 Å². The summed E-state index contributed by atoms with van der Waals surface area (Å²) in [4.78, 5) is 10.3. The van der Waals surface area contributed by atoms with Crippen molar-refractivity contribution in [3.05, 3.63) is 17.9 Å². The Morgan fingerprint density at radius 3 is 2.80 bits per heavy atom. The molecule has 5 nitrogen and oxygen atoms in total. The summed E-state index contributed by atoms with van der Waals surface area (Å²) < 4.78 is 5.35. The Morgan fingerprint density at radius 1 is 1.40 bits per heavy atom. The fraction of sp³-hybridized carbons (Fsp3) is 0.500. The summed E-state index contributed by atoms with van der Waals surface area (Å²) in [6.07, 6.45) is 6.88.